The first-order valence-corrected chi connectivity index (χ1v) is 6.01. The molecule has 0 spiro atoms. The van der Waals surface area contributed by atoms with E-state index in [0.29, 0.717) is 11.1 Å². The van der Waals surface area contributed by atoms with Crippen LogP contribution < -0.4 is 5.73 Å². The van der Waals surface area contributed by atoms with Crippen molar-refractivity contribution in [3.63, 3.8) is 0 Å². The Bertz CT molecular complexity index is 472. The summed E-state index contributed by atoms with van der Waals surface area (Å²) < 4.78 is 0. The highest BCUT2D eigenvalue weighted by Crippen LogP contribution is 2.23. The van der Waals surface area contributed by atoms with E-state index < -0.39 is 0 Å². The lowest BCUT2D eigenvalue weighted by atomic mass is 10.1. The Labute approximate surface area is 98.7 Å². The largest absolute Gasteiger partial charge is 0.368 e. The van der Waals surface area contributed by atoms with Gasteiger partial charge in [0.05, 0.1) is 0 Å². The Morgan fingerprint density at radius 2 is 2.00 bits per heavy atom. The van der Waals surface area contributed by atoms with E-state index >= 15 is 0 Å². The van der Waals surface area contributed by atoms with Crippen molar-refractivity contribution in [1.82, 2.24) is 15.2 Å². The van der Waals surface area contributed by atoms with Crippen LogP contribution >= 0.6 is 11.8 Å². The second-order valence-corrected chi connectivity index (χ2v) is 4.60. The number of aryl methyl sites for hydroxylation is 2. The second kappa shape index (κ2) is 4.57. The van der Waals surface area contributed by atoms with Gasteiger partial charge in [-0.25, -0.2) is 5.10 Å². The van der Waals surface area contributed by atoms with Crippen molar-refractivity contribution < 1.29 is 0 Å². The monoisotopic (exact) mass is 234 g/mol. The van der Waals surface area contributed by atoms with Gasteiger partial charge in [0.15, 0.2) is 0 Å². The normalized spacial score (nSPS) is 10.6. The van der Waals surface area contributed by atoms with E-state index in [0.717, 1.165) is 5.75 Å². The fraction of sp³-hybridized carbons (Fsp3) is 0.273. The van der Waals surface area contributed by atoms with Crippen LogP contribution in [0.4, 0.5) is 5.95 Å². The SMILES string of the molecule is Cc1cccc(C)c1CSc1n[nH]c(N)n1. The smallest absolute Gasteiger partial charge is 0.216 e. The summed E-state index contributed by atoms with van der Waals surface area (Å²) in [6.45, 7) is 4.24. The average Bonchev–Trinajstić information content (AvgIpc) is 2.63. The predicted octanol–water partition coefficient (Wildman–Crippen LogP) is 2.30. The third-order valence-electron chi connectivity index (χ3n) is 2.47. The fourth-order valence-corrected chi connectivity index (χ4v) is 2.54. The van der Waals surface area contributed by atoms with Crippen LogP contribution in [0, 0.1) is 13.8 Å². The molecule has 2 rings (SSSR count). The molecule has 1 aromatic carbocycles. The molecule has 0 bridgehead atoms. The molecule has 0 fully saturated rings. The van der Waals surface area contributed by atoms with Crippen LogP contribution in [0.3, 0.4) is 0 Å². The molecule has 0 saturated heterocycles. The Morgan fingerprint density at radius 3 is 2.56 bits per heavy atom. The number of rotatable bonds is 3. The number of benzene rings is 1. The van der Waals surface area contributed by atoms with Crippen molar-refractivity contribution in [3.8, 4) is 0 Å². The number of hydrogen-bond donors (Lipinski definition) is 2. The highest BCUT2D eigenvalue weighted by Gasteiger charge is 2.05. The summed E-state index contributed by atoms with van der Waals surface area (Å²) in [5.74, 6) is 1.24. The lowest BCUT2D eigenvalue weighted by Crippen LogP contribution is -1.91. The van der Waals surface area contributed by atoms with Gasteiger partial charge < -0.3 is 5.73 Å². The number of hydrogen-bond acceptors (Lipinski definition) is 4. The van der Waals surface area contributed by atoms with Gasteiger partial charge in [-0.2, -0.15) is 4.98 Å². The van der Waals surface area contributed by atoms with Gasteiger partial charge in [-0.3, -0.25) is 0 Å². The van der Waals surface area contributed by atoms with Crippen LogP contribution in [-0.4, -0.2) is 15.2 Å². The van der Waals surface area contributed by atoms with Crippen molar-refractivity contribution >= 4 is 17.7 Å². The van der Waals surface area contributed by atoms with Crippen molar-refractivity contribution in [2.24, 2.45) is 0 Å². The summed E-state index contributed by atoms with van der Waals surface area (Å²) >= 11 is 1.59. The second-order valence-electron chi connectivity index (χ2n) is 3.66. The molecule has 3 N–H and O–H groups in total. The summed E-state index contributed by atoms with van der Waals surface area (Å²) in [6, 6.07) is 6.31. The number of nitrogen functional groups attached to an aromatic ring is 1. The summed E-state index contributed by atoms with van der Waals surface area (Å²) in [7, 11) is 0. The minimum atomic E-state index is 0.365. The predicted molar refractivity (Wildman–Crippen MR) is 66.3 cm³/mol. The molecular formula is C11H14N4S. The van der Waals surface area contributed by atoms with Crippen LogP contribution in [0.1, 0.15) is 16.7 Å². The minimum Gasteiger partial charge on any atom is -0.368 e. The van der Waals surface area contributed by atoms with Crippen LogP contribution in [0.2, 0.25) is 0 Å². The quantitative estimate of drug-likeness (QED) is 0.800. The van der Waals surface area contributed by atoms with Gasteiger partial charge in [-0.15, -0.1) is 5.10 Å². The number of aromatic amines is 1. The summed E-state index contributed by atoms with van der Waals surface area (Å²) in [6.07, 6.45) is 0. The molecule has 0 aliphatic carbocycles. The third kappa shape index (κ3) is 2.36. The minimum absolute atomic E-state index is 0.365. The molecule has 0 aliphatic rings. The number of nitrogens with two attached hydrogens (primary N) is 1. The van der Waals surface area contributed by atoms with Crippen molar-refractivity contribution in [2.75, 3.05) is 5.73 Å². The van der Waals surface area contributed by atoms with E-state index in [9.17, 15) is 0 Å². The van der Waals surface area contributed by atoms with E-state index in [4.69, 9.17) is 5.73 Å². The Kier molecular flexibility index (Phi) is 3.14. The first kappa shape index (κ1) is 11.0. The molecule has 0 unspecified atom stereocenters. The van der Waals surface area contributed by atoms with E-state index in [1.54, 1.807) is 11.8 Å². The molecule has 0 atom stereocenters. The van der Waals surface area contributed by atoms with E-state index in [2.05, 4.69) is 47.2 Å². The molecule has 16 heavy (non-hydrogen) atoms. The van der Waals surface area contributed by atoms with Gasteiger partial charge >= 0.3 is 0 Å². The van der Waals surface area contributed by atoms with E-state index in [1.165, 1.54) is 16.7 Å². The van der Waals surface area contributed by atoms with Crippen LogP contribution in [0.25, 0.3) is 0 Å². The lowest BCUT2D eigenvalue weighted by molar-refractivity contribution is 0.972. The Balaban J connectivity index is 2.10. The molecule has 0 radical (unpaired) electrons. The Morgan fingerprint density at radius 1 is 1.31 bits per heavy atom. The van der Waals surface area contributed by atoms with Crippen molar-refractivity contribution in [2.45, 2.75) is 24.8 Å². The molecule has 5 heteroatoms. The maximum atomic E-state index is 5.46. The van der Waals surface area contributed by atoms with E-state index in [1.807, 2.05) is 0 Å². The molecule has 84 valence electrons. The number of nitrogens with one attached hydrogen (secondary N) is 1. The van der Waals surface area contributed by atoms with Gasteiger partial charge in [0.2, 0.25) is 11.1 Å². The highest BCUT2D eigenvalue weighted by molar-refractivity contribution is 7.98. The fourth-order valence-electron chi connectivity index (χ4n) is 1.54. The molecule has 0 amide bonds. The first-order valence-electron chi connectivity index (χ1n) is 5.02. The standard InChI is InChI=1S/C11H14N4S/c1-7-4-3-5-8(2)9(7)6-16-11-13-10(12)14-15-11/h3-5H,6H2,1-2H3,(H3,12,13,14,15). The lowest BCUT2D eigenvalue weighted by Gasteiger charge is -2.07. The van der Waals surface area contributed by atoms with Gasteiger partial charge in [0.1, 0.15) is 0 Å². The van der Waals surface area contributed by atoms with Gasteiger partial charge in [0, 0.05) is 5.75 Å². The molecule has 4 nitrogen and oxygen atoms in total. The maximum Gasteiger partial charge on any atom is 0.216 e. The molecule has 0 aliphatic heterocycles. The number of anilines is 1. The maximum absolute atomic E-state index is 5.46. The molecule has 2 aromatic rings. The number of thioether (sulfide) groups is 1. The zero-order valence-corrected chi connectivity index (χ0v) is 10.1. The highest BCUT2D eigenvalue weighted by atomic mass is 32.2. The van der Waals surface area contributed by atoms with Gasteiger partial charge in [0.25, 0.3) is 0 Å². The summed E-state index contributed by atoms with van der Waals surface area (Å²) in [5.41, 5.74) is 9.41. The van der Waals surface area contributed by atoms with Crippen molar-refractivity contribution in [3.05, 3.63) is 34.9 Å². The number of aromatic nitrogens is 3. The summed E-state index contributed by atoms with van der Waals surface area (Å²) in [5, 5.41) is 7.32. The van der Waals surface area contributed by atoms with E-state index in [-0.39, 0.29) is 0 Å². The first-order chi connectivity index (χ1) is 7.66. The van der Waals surface area contributed by atoms with Crippen molar-refractivity contribution in [1.29, 1.82) is 0 Å². The van der Waals surface area contributed by atoms with Crippen LogP contribution in [0.5, 0.6) is 0 Å². The molecule has 0 saturated carbocycles. The zero-order valence-electron chi connectivity index (χ0n) is 9.32. The van der Waals surface area contributed by atoms with Crippen LogP contribution in [-0.2, 0) is 5.75 Å². The molecule has 1 heterocycles. The topological polar surface area (TPSA) is 67.6 Å². The number of H-pyrrole nitrogens is 1. The third-order valence-corrected chi connectivity index (χ3v) is 3.35. The summed E-state index contributed by atoms with van der Waals surface area (Å²) in [4.78, 5) is 4.06. The Hall–Kier alpha value is -1.49. The molecule has 1 aromatic heterocycles. The zero-order chi connectivity index (χ0) is 11.5. The average molecular weight is 234 g/mol. The molecular weight excluding hydrogens is 220 g/mol. The van der Waals surface area contributed by atoms with Gasteiger partial charge in [-0.1, -0.05) is 30.0 Å². The van der Waals surface area contributed by atoms with Gasteiger partial charge in [-0.05, 0) is 30.5 Å². The van der Waals surface area contributed by atoms with Crippen LogP contribution in [0.15, 0.2) is 23.4 Å². The number of nitrogens with zero attached hydrogens (tertiary/aromatic N) is 2.